The van der Waals surface area contributed by atoms with E-state index in [2.05, 4.69) is 31.0 Å². The molecule has 1 aromatic rings. The fraction of sp³-hybridized carbons (Fsp3) is 0.462. The first kappa shape index (κ1) is 11.0. The van der Waals surface area contributed by atoms with Gasteiger partial charge in [-0.1, -0.05) is 32.4 Å². The first-order valence-electron chi connectivity index (χ1n) is 5.35. The Morgan fingerprint density at radius 1 is 1.29 bits per heavy atom. The van der Waals surface area contributed by atoms with Crippen molar-refractivity contribution in [2.75, 3.05) is 0 Å². The molecule has 0 saturated carbocycles. The van der Waals surface area contributed by atoms with Crippen molar-refractivity contribution in [3.63, 3.8) is 0 Å². The third-order valence-electron chi connectivity index (χ3n) is 2.17. The van der Waals surface area contributed by atoms with Crippen LogP contribution in [0.25, 0.3) is 6.08 Å². The zero-order valence-electron chi connectivity index (χ0n) is 9.11. The van der Waals surface area contributed by atoms with E-state index in [9.17, 15) is 0 Å². The molecule has 1 rings (SSSR count). The largest absolute Gasteiger partial charge is 0.265 e. The molecule has 0 N–H and O–H groups in total. The molecule has 0 spiro atoms. The van der Waals surface area contributed by atoms with Crippen LogP contribution in [0.4, 0.5) is 0 Å². The Morgan fingerprint density at radius 2 is 2.00 bits per heavy atom. The molecule has 0 aromatic carbocycles. The summed E-state index contributed by atoms with van der Waals surface area (Å²) in [5.41, 5.74) is 1.24. The molecular formula is C13H19N. The van der Waals surface area contributed by atoms with Gasteiger partial charge in [-0.3, -0.25) is 4.98 Å². The van der Waals surface area contributed by atoms with Crippen molar-refractivity contribution in [2.24, 2.45) is 5.92 Å². The van der Waals surface area contributed by atoms with Gasteiger partial charge in [0.2, 0.25) is 0 Å². The van der Waals surface area contributed by atoms with E-state index in [4.69, 9.17) is 0 Å². The third kappa shape index (κ3) is 4.80. The van der Waals surface area contributed by atoms with Gasteiger partial charge in [-0.05, 0) is 36.5 Å². The highest BCUT2D eigenvalue weighted by Gasteiger charge is 1.91. The van der Waals surface area contributed by atoms with E-state index in [0.717, 1.165) is 5.92 Å². The second-order valence-electron chi connectivity index (χ2n) is 4.01. The molecule has 0 fully saturated rings. The van der Waals surface area contributed by atoms with E-state index < -0.39 is 0 Å². The molecule has 0 radical (unpaired) electrons. The minimum atomic E-state index is 0.823. The van der Waals surface area contributed by atoms with Crippen molar-refractivity contribution in [1.29, 1.82) is 0 Å². The molecule has 0 aliphatic rings. The maximum Gasteiger partial charge on any atom is 0.0273 e. The number of hydrogen-bond acceptors (Lipinski definition) is 1. The highest BCUT2D eigenvalue weighted by molar-refractivity contribution is 5.47. The molecule has 0 saturated heterocycles. The summed E-state index contributed by atoms with van der Waals surface area (Å²) in [7, 11) is 0. The van der Waals surface area contributed by atoms with Crippen molar-refractivity contribution in [3.8, 4) is 0 Å². The SMILES string of the molecule is CC(C)CCC/C=C\c1ccncc1. The van der Waals surface area contributed by atoms with E-state index in [0.29, 0.717) is 0 Å². The molecule has 1 aromatic heterocycles. The van der Waals surface area contributed by atoms with Crippen molar-refractivity contribution < 1.29 is 0 Å². The number of hydrogen-bond donors (Lipinski definition) is 0. The van der Waals surface area contributed by atoms with Gasteiger partial charge in [-0.25, -0.2) is 0 Å². The van der Waals surface area contributed by atoms with Gasteiger partial charge >= 0.3 is 0 Å². The monoisotopic (exact) mass is 189 g/mol. The fourth-order valence-corrected chi connectivity index (χ4v) is 1.34. The molecule has 76 valence electrons. The van der Waals surface area contributed by atoms with Crippen molar-refractivity contribution in [1.82, 2.24) is 4.98 Å². The Hall–Kier alpha value is -1.11. The molecule has 0 aliphatic carbocycles. The third-order valence-corrected chi connectivity index (χ3v) is 2.17. The molecule has 14 heavy (non-hydrogen) atoms. The van der Waals surface area contributed by atoms with Gasteiger partial charge in [-0.2, -0.15) is 0 Å². The zero-order chi connectivity index (χ0) is 10.2. The first-order valence-corrected chi connectivity index (χ1v) is 5.35. The molecule has 0 unspecified atom stereocenters. The second-order valence-corrected chi connectivity index (χ2v) is 4.01. The van der Waals surface area contributed by atoms with Crippen LogP contribution in [0.3, 0.4) is 0 Å². The van der Waals surface area contributed by atoms with Gasteiger partial charge < -0.3 is 0 Å². The van der Waals surface area contributed by atoms with Gasteiger partial charge in [0.1, 0.15) is 0 Å². The Balaban J connectivity index is 2.21. The van der Waals surface area contributed by atoms with Gasteiger partial charge in [0.25, 0.3) is 0 Å². The number of rotatable bonds is 5. The predicted molar refractivity (Wildman–Crippen MR) is 62.0 cm³/mol. The summed E-state index contributed by atoms with van der Waals surface area (Å²) >= 11 is 0. The Kier molecular flexibility index (Phi) is 4.98. The quantitative estimate of drug-likeness (QED) is 0.640. The number of unbranched alkanes of at least 4 members (excludes halogenated alkanes) is 1. The van der Waals surface area contributed by atoms with E-state index in [-0.39, 0.29) is 0 Å². The molecular weight excluding hydrogens is 170 g/mol. The molecule has 1 heteroatoms. The van der Waals surface area contributed by atoms with Crippen molar-refractivity contribution in [2.45, 2.75) is 33.1 Å². The number of allylic oxidation sites excluding steroid dienone is 1. The van der Waals surface area contributed by atoms with E-state index in [1.807, 2.05) is 24.5 Å². The van der Waals surface area contributed by atoms with Crippen LogP contribution < -0.4 is 0 Å². The highest BCUT2D eigenvalue weighted by Crippen LogP contribution is 2.08. The Bertz CT molecular complexity index is 262. The topological polar surface area (TPSA) is 12.9 Å². The molecule has 0 amide bonds. The summed E-state index contributed by atoms with van der Waals surface area (Å²) < 4.78 is 0. The average Bonchev–Trinajstić information content (AvgIpc) is 2.18. The van der Waals surface area contributed by atoms with Gasteiger partial charge in [0.05, 0.1) is 0 Å². The molecule has 1 nitrogen and oxygen atoms in total. The van der Waals surface area contributed by atoms with E-state index in [1.54, 1.807) is 0 Å². The Labute approximate surface area is 86.9 Å². The first-order chi connectivity index (χ1) is 6.79. The highest BCUT2D eigenvalue weighted by atomic mass is 14.6. The van der Waals surface area contributed by atoms with Gasteiger partial charge in [0, 0.05) is 12.4 Å². The Morgan fingerprint density at radius 3 is 2.64 bits per heavy atom. The normalized spacial score (nSPS) is 11.4. The summed E-state index contributed by atoms with van der Waals surface area (Å²) in [4.78, 5) is 3.98. The summed E-state index contributed by atoms with van der Waals surface area (Å²) in [5.74, 6) is 0.823. The van der Waals surface area contributed by atoms with E-state index >= 15 is 0 Å². The lowest BCUT2D eigenvalue weighted by Gasteiger charge is -2.00. The summed E-state index contributed by atoms with van der Waals surface area (Å²) in [6.45, 7) is 4.54. The van der Waals surface area contributed by atoms with Crippen molar-refractivity contribution in [3.05, 3.63) is 36.2 Å². The average molecular weight is 189 g/mol. The second kappa shape index (κ2) is 6.36. The summed E-state index contributed by atoms with van der Waals surface area (Å²) in [6.07, 6.45) is 11.9. The maximum atomic E-state index is 3.98. The standard InChI is InChI=1S/C13H19N/c1-12(2)6-4-3-5-7-13-8-10-14-11-9-13/h5,7-12H,3-4,6H2,1-2H3/b7-5-. The summed E-state index contributed by atoms with van der Waals surface area (Å²) in [6, 6.07) is 4.05. The van der Waals surface area contributed by atoms with Crippen LogP contribution in [0.2, 0.25) is 0 Å². The van der Waals surface area contributed by atoms with E-state index in [1.165, 1.54) is 24.8 Å². The lowest BCUT2D eigenvalue weighted by molar-refractivity contribution is 0.560. The maximum absolute atomic E-state index is 3.98. The molecule has 0 bridgehead atoms. The van der Waals surface area contributed by atoms with Crippen LogP contribution in [0.5, 0.6) is 0 Å². The van der Waals surface area contributed by atoms with Crippen LogP contribution in [0.15, 0.2) is 30.6 Å². The van der Waals surface area contributed by atoms with Gasteiger partial charge in [0.15, 0.2) is 0 Å². The molecule has 0 aliphatic heterocycles. The summed E-state index contributed by atoms with van der Waals surface area (Å²) in [5, 5.41) is 0. The number of nitrogens with zero attached hydrogens (tertiary/aromatic N) is 1. The van der Waals surface area contributed by atoms with Gasteiger partial charge in [-0.15, -0.1) is 0 Å². The molecule has 0 atom stereocenters. The minimum Gasteiger partial charge on any atom is -0.265 e. The fourth-order valence-electron chi connectivity index (χ4n) is 1.34. The number of aromatic nitrogens is 1. The lowest BCUT2D eigenvalue weighted by atomic mass is 10.1. The van der Waals surface area contributed by atoms with Crippen LogP contribution >= 0.6 is 0 Å². The zero-order valence-corrected chi connectivity index (χ0v) is 9.11. The smallest absolute Gasteiger partial charge is 0.0273 e. The minimum absolute atomic E-state index is 0.823. The van der Waals surface area contributed by atoms with Crippen LogP contribution in [0, 0.1) is 5.92 Å². The molecule has 1 heterocycles. The number of pyridine rings is 1. The van der Waals surface area contributed by atoms with Crippen LogP contribution in [-0.2, 0) is 0 Å². The van der Waals surface area contributed by atoms with Crippen molar-refractivity contribution >= 4 is 6.08 Å². The van der Waals surface area contributed by atoms with Crippen LogP contribution in [-0.4, -0.2) is 4.98 Å². The van der Waals surface area contributed by atoms with Crippen LogP contribution in [0.1, 0.15) is 38.7 Å². The lowest BCUT2D eigenvalue weighted by Crippen LogP contribution is -1.84. The predicted octanol–water partition coefficient (Wildman–Crippen LogP) is 3.92.